The summed E-state index contributed by atoms with van der Waals surface area (Å²) >= 11 is 6.19. The quantitative estimate of drug-likeness (QED) is 0.323. The van der Waals surface area contributed by atoms with Gasteiger partial charge in [-0.2, -0.15) is 13.2 Å². The van der Waals surface area contributed by atoms with E-state index in [0.717, 1.165) is 6.08 Å². The number of ketones is 1. The van der Waals surface area contributed by atoms with Crippen molar-refractivity contribution in [2.45, 2.75) is 29.7 Å². The first-order chi connectivity index (χ1) is 10.7. The molecule has 1 aromatic carbocycles. The van der Waals surface area contributed by atoms with E-state index in [9.17, 15) is 22.8 Å². The first kappa shape index (κ1) is 19.6. The highest BCUT2D eigenvalue weighted by molar-refractivity contribution is 8.02. The first-order valence-corrected chi connectivity index (χ1v) is 7.74. The summed E-state index contributed by atoms with van der Waals surface area (Å²) in [5, 5.41) is 0.379. The van der Waals surface area contributed by atoms with Crippen molar-refractivity contribution in [2.24, 2.45) is 0 Å². The third-order valence-corrected chi connectivity index (χ3v) is 4.24. The van der Waals surface area contributed by atoms with E-state index in [2.05, 4.69) is 0 Å². The molecule has 0 fully saturated rings. The standard InChI is InChI=1S/C15H14ClF3O3S/c1-3-9-14(13(21)22-4-2,12(20)15(17,18)19)23-11-7-5-10(16)6-8-11/h3,5-9H,4H2,1-2H3/b9-3+. The van der Waals surface area contributed by atoms with Gasteiger partial charge in [-0.05, 0) is 38.1 Å². The minimum atomic E-state index is -5.19. The highest BCUT2D eigenvalue weighted by Crippen LogP contribution is 2.41. The molecule has 0 heterocycles. The molecule has 0 saturated carbocycles. The summed E-state index contributed by atoms with van der Waals surface area (Å²) in [5.41, 5.74) is 0. The lowest BCUT2D eigenvalue weighted by Gasteiger charge is -2.27. The average molecular weight is 367 g/mol. The number of esters is 1. The Balaban J connectivity index is 3.40. The fraction of sp³-hybridized carbons (Fsp3) is 0.333. The van der Waals surface area contributed by atoms with Crippen molar-refractivity contribution in [1.29, 1.82) is 0 Å². The molecule has 0 N–H and O–H groups in total. The molecular weight excluding hydrogens is 353 g/mol. The molecule has 1 atom stereocenters. The second-order valence-corrected chi connectivity index (χ2v) is 6.09. The van der Waals surface area contributed by atoms with Crippen molar-refractivity contribution in [2.75, 3.05) is 6.61 Å². The number of rotatable bonds is 6. The van der Waals surface area contributed by atoms with Crippen molar-refractivity contribution >= 4 is 35.1 Å². The van der Waals surface area contributed by atoms with Crippen molar-refractivity contribution < 1.29 is 27.5 Å². The van der Waals surface area contributed by atoms with Gasteiger partial charge >= 0.3 is 12.1 Å². The molecule has 8 heteroatoms. The summed E-state index contributed by atoms with van der Waals surface area (Å²) in [5.74, 6) is -3.46. The van der Waals surface area contributed by atoms with E-state index in [0.29, 0.717) is 16.8 Å². The van der Waals surface area contributed by atoms with Crippen LogP contribution in [0.3, 0.4) is 0 Å². The van der Waals surface area contributed by atoms with Gasteiger partial charge in [-0.25, -0.2) is 4.79 Å². The van der Waals surface area contributed by atoms with Crippen LogP contribution in [0.25, 0.3) is 0 Å². The fourth-order valence-corrected chi connectivity index (χ4v) is 3.06. The van der Waals surface area contributed by atoms with E-state index in [1.165, 1.54) is 44.2 Å². The molecule has 0 amide bonds. The topological polar surface area (TPSA) is 43.4 Å². The molecule has 0 bridgehead atoms. The van der Waals surface area contributed by atoms with Gasteiger partial charge in [0, 0.05) is 9.92 Å². The summed E-state index contributed by atoms with van der Waals surface area (Å²) in [6.45, 7) is 2.72. The first-order valence-electron chi connectivity index (χ1n) is 6.54. The Kier molecular flexibility index (Phi) is 6.70. The van der Waals surface area contributed by atoms with E-state index >= 15 is 0 Å². The second-order valence-electron chi connectivity index (χ2n) is 4.34. The third-order valence-electron chi connectivity index (χ3n) is 2.67. The Labute approximate surface area is 140 Å². The largest absolute Gasteiger partial charge is 0.464 e. The maximum atomic E-state index is 13.0. The summed E-state index contributed by atoms with van der Waals surface area (Å²) < 4.78 is 41.2. The van der Waals surface area contributed by atoms with Crippen LogP contribution >= 0.6 is 23.4 Å². The molecule has 0 aromatic heterocycles. The van der Waals surface area contributed by atoms with Crippen molar-refractivity contribution in [3.63, 3.8) is 0 Å². The molecule has 0 aliphatic heterocycles. The van der Waals surface area contributed by atoms with Crippen molar-refractivity contribution in [3.05, 3.63) is 41.4 Å². The van der Waals surface area contributed by atoms with Crippen LogP contribution in [0.2, 0.25) is 5.02 Å². The molecule has 1 unspecified atom stereocenters. The van der Waals surface area contributed by atoms with Crippen LogP contribution in [-0.2, 0) is 14.3 Å². The number of allylic oxidation sites excluding steroid dienone is 1. The van der Waals surface area contributed by atoms with Gasteiger partial charge in [0.1, 0.15) is 0 Å². The number of halogens is 4. The van der Waals surface area contributed by atoms with Gasteiger partial charge in [-0.15, -0.1) is 0 Å². The van der Waals surface area contributed by atoms with E-state index in [-0.39, 0.29) is 11.5 Å². The van der Waals surface area contributed by atoms with Gasteiger partial charge in [0.25, 0.3) is 5.78 Å². The van der Waals surface area contributed by atoms with Crippen LogP contribution in [0.1, 0.15) is 13.8 Å². The lowest BCUT2D eigenvalue weighted by Crippen LogP contribution is -2.49. The summed E-state index contributed by atoms with van der Waals surface area (Å²) in [6.07, 6.45) is -3.07. The van der Waals surface area contributed by atoms with Crippen molar-refractivity contribution in [1.82, 2.24) is 0 Å². The Bertz CT molecular complexity index is 599. The van der Waals surface area contributed by atoms with Crippen LogP contribution in [0, 0.1) is 0 Å². The number of alkyl halides is 3. The third kappa shape index (κ3) is 4.75. The number of thioether (sulfide) groups is 1. The number of carbonyl (C=O) groups excluding carboxylic acids is 2. The number of benzene rings is 1. The summed E-state index contributed by atoms with van der Waals surface area (Å²) in [4.78, 5) is 24.4. The van der Waals surface area contributed by atoms with E-state index in [1.807, 2.05) is 0 Å². The highest BCUT2D eigenvalue weighted by Gasteiger charge is 2.57. The minimum absolute atomic E-state index is 0.148. The number of hydrogen-bond donors (Lipinski definition) is 0. The average Bonchev–Trinajstić information content (AvgIpc) is 2.47. The van der Waals surface area contributed by atoms with Crippen LogP contribution in [0.5, 0.6) is 0 Å². The van der Waals surface area contributed by atoms with Crippen molar-refractivity contribution in [3.8, 4) is 0 Å². The number of hydrogen-bond acceptors (Lipinski definition) is 4. The molecule has 1 aromatic rings. The number of carbonyl (C=O) groups is 2. The van der Waals surface area contributed by atoms with E-state index < -0.39 is 22.7 Å². The molecule has 23 heavy (non-hydrogen) atoms. The maximum absolute atomic E-state index is 13.0. The van der Waals surface area contributed by atoms with Crippen LogP contribution in [-0.4, -0.2) is 29.3 Å². The summed E-state index contributed by atoms with van der Waals surface area (Å²) in [6, 6.07) is 5.75. The van der Waals surface area contributed by atoms with Gasteiger partial charge < -0.3 is 4.74 Å². The zero-order valence-electron chi connectivity index (χ0n) is 12.3. The molecule has 126 valence electrons. The van der Waals surface area contributed by atoms with E-state index in [1.54, 1.807) is 0 Å². The van der Waals surface area contributed by atoms with Gasteiger partial charge in [0.05, 0.1) is 6.61 Å². The van der Waals surface area contributed by atoms with E-state index in [4.69, 9.17) is 16.3 Å². The zero-order valence-corrected chi connectivity index (χ0v) is 13.9. The smallest absolute Gasteiger partial charge is 0.452 e. The van der Waals surface area contributed by atoms with Gasteiger partial charge in [0.15, 0.2) is 0 Å². The second kappa shape index (κ2) is 7.88. The number of ether oxygens (including phenoxy) is 1. The normalized spacial score (nSPS) is 14.5. The van der Waals surface area contributed by atoms with Crippen LogP contribution < -0.4 is 0 Å². The van der Waals surface area contributed by atoms with Crippen LogP contribution in [0.4, 0.5) is 13.2 Å². The molecule has 0 aliphatic carbocycles. The summed E-state index contributed by atoms with van der Waals surface area (Å²) in [7, 11) is 0. The molecule has 0 spiro atoms. The Morgan fingerprint density at radius 3 is 2.26 bits per heavy atom. The fourth-order valence-electron chi connectivity index (χ4n) is 1.73. The molecule has 0 aliphatic rings. The predicted molar refractivity (Wildman–Crippen MR) is 82.5 cm³/mol. The van der Waals surface area contributed by atoms with Crippen LogP contribution in [0.15, 0.2) is 41.3 Å². The Morgan fingerprint density at radius 1 is 1.26 bits per heavy atom. The molecule has 1 rings (SSSR count). The molecule has 0 radical (unpaired) electrons. The van der Waals surface area contributed by atoms with Gasteiger partial charge in [0.2, 0.25) is 4.75 Å². The molecule has 3 nitrogen and oxygen atoms in total. The highest BCUT2D eigenvalue weighted by atomic mass is 35.5. The Hall–Kier alpha value is -1.47. The monoisotopic (exact) mass is 366 g/mol. The lowest BCUT2D eigenvalue weighted by atomic mass is 10.0. The van der Waals surface area contributed by atoms with Gasteiger partial charge in [-0.3, -0.25) is 4.79 Å². The SMILES string of the molecule is C/C=C/C(Sc1ccc(Cl)cc1)(C(=O)OCC)C(=O)C(F)(F)F. The van der Waals surface area contributed by atoms with Gasteiger partial charge in [-0.1, -0.05) is 35.5 Å². The Morgan fingerprint density at radius 2 is 1.83 bits per heavy atom. The minimum Gasteiger partial charge on any atom is -0.464 e. The lowest BCUT2D eigenvalue weighted by molar-refractivity contribution is -0.176. The maximum Gasteiger partial charge on any atom is 0.452 e. The molecule has 0 saturated heterocycles. The number of Topliss-reactive ketones (excluding diaryl/α,β-unsaturated/α-hetero) is 1. The molecular formula is C15H14ClF3O3S. The predicted octanol–water partition coefficient (Wildman–Crippen LogP) is 4.44. The zero-order chi connectivity index (χ0) is 17.7.